The number of nitrogens with zero attached hydrogens (tertiary/aromatic N) is 2. The SMILES string of the molecule is C[C@]12CCC3C(CC[C@H]4CC(O)CC[C@]34C)C1CCC2=NNC(=O)c1ccncc1. The van der Waals surface area contributed by atoms with Gasteiger partial charge in [-0.3, -0.25) is 9.78 Å². The molecule has 0 bridgehead atoms. The minimum absolute atomic E-state index is 0.0808. The number of rotatable bonds is 2. The number of hydrogen-bond donors (Lipinski definition) is 2. The van der Waals surface area contributed by atoms with Crippen LogP contribution in [0.5, 0.6) is 0 Å². The summed E-state index contributed by atoms with van der Waals surface area (Å²) in [6.45, 7) is 4.93. The fourth-order valence-corrected chi connectivity index (χ4v) is 7.89. The Morgan fingerprint density at radius 2 is 1.90 bits per heavy atom. The summed E-state index contributed by atoms with van der Waals surface area (Å²) >= 11 is 0. The zero-order valence-corrected chi connectivity index (χ0v) is 18.3. The van der Waals surface area contributed by atoms with E-state index in [1.807, 2.05) is 0 Å². The second kappa shape index (κ2) is 7.44. The molecule has 1 heterocycles. The van der Waals surface area contributed by atoms with Crippen molar-refractivity contribution in [1.29, 1.82) is 0 Å². The summed E-state index contributed by atoms with van der Waals surface area (Å²) in [6, 6.07) is 3.44. The van der Waals surface area contributed by atoms with Crippen LogP contribution in [0.2, 0.25) is 0 Å². The Bertz CT molecular complexity index is 840. The Balaban J connectivity index is 1.33. The Kier molecular flexibility index (Phi) is 5.00. The van der Waals surface area contributed by atoms with E-state index in [0.29, 0.717) is 22.8 Å². The maximum Gasteiger partial charge on any atom is 0.271 e. The Hall–Kier alpha value is -1.75. The molecular weight excluding hydrogens is 374 g/mol. The standard InChI is InChI=1S/C25H35N3O2/c1-24-11-7-18(29)15-17(24)3-4-19-20-5-6-22(25(20,2)12-8-21(19)24)27-28-23(30)16-9-13-26-14-10-16/h9-10,13-14,17-21,29H,3-8,11-12,15H2,1-2H3,(H,28,30)/t17-,18?,19?,20?,21?,24-,25-/m0/s1. The number of carbonyl (C=O) groups excluding carboxylic acids is 1. The summed E-state index contributed by atoms with van der Waals surface area (Å²) in [5, 5.41) is 14.9. The summed E-state index contributed by atoms with van der Waals surface area (Å²) in [6.07, 6.45) is 13.6. The van der Waals surface area contributed by atoms with Crippen LogP contribution in [-0.4, -0.2) is 27.8 Å². The fourth-order valence-electron chi connectivity index (χ4n) is 7.89. The van der Waals surface area contributed by atoms with E-state index < -0.39 is 0 Å². The molecule has 0 aromatic carbocycles. The molecule has 4 saturated carbocycles. The summed E-state index contributed by atoms with van der Waals surface area (Å²) in [7, 11) is 0. The summed E-state index contributed by atoms with van der Waals surface area (Å²) in [5.41, 5.74) is 5.13. The van der Waals surface area contributed by atoms with Gasteiger partial charge in [-0.1, -0.05) is 13.8 Å². The smallest absolute Gasteiger partial charge is 0.271 e. The van der Waals surface area contributed by atoms with Crippen LogP contribution in [0.25, 0.3) is 0 Å². The number of aliphatic hydroxyl groups excluding tert-OH is 1. The minimum atomic E-state index is -0.153. The fraction of sp³-hybridized carbons (Fsp3) is 0.720. The van der Waals surface area contributed by atoms with Crippen LogP contribution in [0.3, 0.4) is 0 Å². The molecule has 4 aliphatic rings. The van der Waals surface area contributed by atoms with Gasteiger partial charge >= 0.3 is 0 Å². The van der Waals surface area contributed by atoms with E-state index in [4.69, 9.17) is 0 Å². The van der Waals surface area contributed by atoms with Crippen molar-refractivity contribution in [3.63, 3.8) is 0 Å². The van der Waals surface area contributed by atoms with Crippen molar-refractivity contribution in [2.75, 3.05) is 0 Å². The number of fused-ring (bicyclic) bond motifs is 5. The predicted molar refractivity (Wildman–Crippen MR) is 117 cm³/mol. The van der Waals surface area contributed by atoms with Gasteiger partial charge in [0.1, 0.15) is 0 Å². The lowest BCUT2D eigenvalue weighted by Crippen LogP contribution is -2.54. The van der Waals surface area contributed by atoms with Crippen LogP contribution < -0.4 is 5.43 Å². The van der Waals surface area contributed by atoms with Gasteiger partial charge in [0.15, 0.2) is 0 Å². The predicted octanol–water partition coefficient (Wildman–Crippen LogP) is 4.57. The molecule has 30 heavy (non-hydrogen) atoms. The summed E-state index contributed by atoms with van der Waals surface area (Å²) < 4.78 is 0. The molecule has 7 atom stereocenters. The molecule has 0 spiro atoms. The highest BCUT2D eigenvalue weighted by Gasteiger charge is 2.59. The van der Waals surface area contributed by atoms with Crippen LogP contribution in [0, 0.1) is 34.5 Å². The number of hydrogen-bond acceptors (Lipinski definition) is 4. The van der Waals surface area contributed by atoms with E-state index in [-0.39, 0.29) is 17.4 Å². The lowest BCUT2D eigenvalue weighted by molar-refractivity contribution is -0.113. The average molecular weight is 410 g/mol. The minimum Gasteiger partial charge on any atom is -0.393 e. The number of carbonyl (C=O) groups is 1. The van der Waals surface area contributed by atoms with Gasteiger partial charge in [0, 0.05) is 29.1 Å². The number of hydrazone groups is 1. The summed E-state index contributed by atoms with van der Waals surface area (Å²) in [5.74, 6) is 2.77. The first-order valence-electron chi connectivity index (χ1n) is 11.9. The third-order valence-electron chi connectivity index (χ3n) is 9.61. The van der Waals surface area contributed by atoms with Crippen molar-refractivity contribution in [2.45, 2.75) is 77.7 Å². The van der Waals surface area contributed by atoms with Gasteiger partial charge in [0.25, 0.3) is 5.91 Å². The first-order valence-corrected chi connectivity index (χ1v) is 11.9. The molecule has 1 aromatic rings. The molecule has 0 aliphatic heterocycles. The highest BCUT2D eigenvalue weighted by molar-refractivity contribution is 5.97. The number of nitrogens with one attached hydrogen (secondary N) is 1. The van der Waals surface area contributed by atoms with E-state index in [2.05, 4.69) is 29.4 Å². The van der Waals surface area contributed by atoms with Gasteiger partial charge in [0.05, 0.1) is 6.10 Å². The second-order valence-corrected chi connectivity index (χ2v) is 10.8. The van der Waals surface area contributed by atoms with Crippen molar-refractivity contribution in [3.8, 4) is 0 Å². The van der Waals surface area contributed by atoms with Crippen LogP contribution in [-0.2, 0) is 0 Å². The first-order chi connectivity index (χ1) is 14.4. The zero-order chi connectivity index (χ0) is 20.9. The average Bonchev–Trinajstić information content (AvgIpc) is 3.09. The molecule has 4 fully saturated rings. The van der Waals surface area contributed by atoms with Crippen molar-refractivity contribution < 1.29 is 9.90 Å². The Morgan fingerprint density at radius 1 is 1.10 bits per heavy atom. The quantitative estimate of drug-likeness (QED) is 0.703. The van der Waals surface area contributed by atoms with Gasteiger partial charge in [-0.05, 0) is 99.0 Å². The topological polar surface area (TPSA) is 74.6 Å². The van der Waals surface area contributed by atoms with Crippen molar-refractivity contribution in [3.05, 3.63) is 30.1 Å². The zero-order valence-electron chi connectivity index (χ0n) is 18.3. The third kappa shape index (κ3) is 3.12. The molecule has 5 nitrogen and oxygen atoms in total. The molecule has 0 radical (unpaired) electrons. The van der Waals surface area contributed by atoms with Crippen molar-refractivity contribution in [2.24, 2.45) is 39.6 Å². The molecule has 1 amide bonds. The second-order valence-electron chi connectivity index (χ2n) is 10.8. The number of amides is 1. The normalized spacial score (nSPS) is 44.1. The number of pyridine rings is 1. The van der Waals surface area contributed by atoms with Crippen LogP contribution >= 0.6 is 0 Å². The molecule has 2 N–H and O–H groups in total. The highest BCUT2D eigenvalue weighted by atomic mass is 16.3. The Labute approximate surface area is 179 Å². The lowest BCUT2D eigenvalue weighted by Gasteiger charge is -2.60. The van der Waals surface area contributed by atoms with E-state index in [9.17, 15) is 9.90 Å². The summed E-state index contributed by atoms with van der Waals surface area (Å²) in [4.78, 5) is 16.4. The van der Waals surface area contributed by atoms with Crippen LogP contribution in [0.15, 0.2) is 29.6 Å². The molecule has 0 saturated heterocycles. The monoisotopic (exact) mass is 409 g/mol. The molecular formula is C25H35N3O2. The van der Waals surface area contributed by atoms with Crippen molar-refractivity contribution in [1.82, 2.24) is 10.4 Å². The van der Waals surface area contributed by atoms with Gasteiger partial charge < -0.3 is 5.11 Å². The number of aliphatic hydroxyl groups is 1. The van der Waals surface area contributed by atoms with E-state index in [0.717, 1.165) is 31.1 Å². The molecule has 5 rings (SSSR count). The molecule has 4 aliphatic carbocycles. The highest BCUT2D eigenvalue weighted by Crippen LogP contribution is 2.65. The first kappa shape index (κ1) is 20.2. The largest absolute Gasteiger partial charge is 0.393 e. The Morgan fingerprint density at radius 3 is 2.70 bits per heavy atom. The number of aromatic nitrogens is 1. The molecule has 162 valence electrons. The van der Waals surface area contributed by atoms with Crippen LogP contribution in [0.1, 0.15) is 82.0 Å². The van der Waals surface area contributed by atoms with E-state index >= 15 is 0 Å². The van der Waals surface area contributed by atoms with Gasteiger partial charge in [-0.15, -0.1) is 0 Å². The van der Waals surface area contributed by atoms with Gasteiger partial charge in [-0.2, -0.15) is 5.10 Å². The lowest BCUT2D eigenvalue weighted by atomic mass is 9.45. The van der Waals surface area contributed by atoms with Crippen molar-refractivity contribution >= 4 is 11.6 Å². The van der Waals surface area contributed by atoms with Gasteiger partial charge in [0.2, 0.25) is 0 Å². The molecule has 4 unspecified atom stereocenters. The van der Waals surface area contributed by atoms with E-state index in [1.165, 1.54) is 44.2 Å². The maximum atomic E-state index is 12.5. The third-order valence-corrected chi connectivity index (χ3v) is 9.61. The maximum absolute atomic E-state index is 12.5. The molecule has 5 heteroatoms. The van der Waals surface area contributed by atoms with Crippen LogP contribution in [0.4, 0.5) is 0 Å². The van der Waals surface area contributed by atoms with Gasteiger partial charge in [-0.25, -0.2) is 5.43 Å². The molecule has 1 aromatic heterocycles. The van der Waals surface area contributed by atoms with E-state index in [1.54, 1.807) is 24.5 Å².